The topological polar surface area (TPSA) is 93.2 Å². The number of aromatic nitrogens is 2. The van der Waals surface area contributed by atoms with Crippen LogP contribution in [-0.2, 0) is 20.7 Å². The molecule has 1 aliphatic rings. The van der Waals surface area contributed by atoms with Crippen molar-refractivity contribution < 1.29 is 14.3 Å². The molecule has 1 fully saturated rings. The maximum Gasteiger partial charge on any atom is 0.305 e. The number of anilines is 1. The number of carbonyl (C=O) groups is 2. The van der Waals surface area contributed by atoms with E-state index in [1.165, 1.54) is 18.4 Å². The van der Waals surface area contributed by atoms with E-state index in [0.29, 0.717) is 36.7 Å². The first-order valence-electron chi connectivity index (χ1n) is 8.07. The van der Waals surface area contributed by atoms with Gasteiger partial charge >= 0.3 is 5.97 Å². The summed E-state index contributed by atoms with van der Waals surface area (Å²) in [6.07, 6.45) is 5.46. The van der Waals surface area contributed by atoms with Gasteiger partial charge in [-0.15, -0.1) is 22.6 Å². The average molecular weight is 377 g/mol. The summed E-state index contributed by atoms with van der Waals surface area (Å²) >= 11 is 1.37. The molecule has 2 heterocycles. The predicted octanol–water partition coefficient (Wildman–Crippen LogP) is 2.17. The van der Waals surface area contributed by atoms with Gasteiger partial charge in [-0.3, -0.25) is 9.59 Å². The molecule has 0 atom stereocenters. The number of aryl methyl sites for hydroxylation is 1. The molecule has 0 aromatic carbocycles. The Kier molecular flexibility index (Phi) is 9.82. The first-order valence-corrected chi connectivity index (χ1v) is 8.89. The van der Waals surface area contributed by atoms with Crippen LogP contribution >= 0.6 is 23.7 Å². The third kappa shape index (κ3) is 7.55. The molecular weight excluding hydrogens is 352 g/mol. The normalized spacial score (nSPS) is 14.7. The summed E-state index contributed by atoms with van der Waals surface area (Å²) in [6, 6.07) is 0. The minimum absolute atomic E-state index is 0. The lowest BCUT2D eigenvalue weighted by Gasteiger charge is -2.21. The van der Waals surface area contributed by atoms with Crippen LogP contribution in [0.15, 0.2) is 0 Å². The number of halogens is 1. The van der Waals surface area contributed by atoms with Crippen LogP contribution in [0.5, 0.6) is 0 Å². The zero-order valence-electron chi connectivity index (χ0n) is 13.9. The van der Waals surface area contributed by atoms with Crippen molar-refractivity contribution >= 4 is 40.8 Å². The Bertz CT molecular complexity index is 521. The summed E-state index contributed by atoms with van der Waals surface area (Å²) in [5.74, 6) is 0.423. The molecule has 0 radical (unpaired) electrons. The van der Waals surface area contributed by atoms with Gasteiger partial charge in [-0.2, -0.15) is 0 Å². The summed E-state index contributed by atoms with van der Waals surface area (Å²) in [4.78, 5) is 23.0. The van der Waals surface area contributed by atoms with E-state index in [1.54, 1.807) is 0 Å². The first-order chi connectivity index (χ1) is 11.2. The number of esters is 1. The van der Waals surface area contributed by atoms with Crippen molar-refractivity contribution in [2.75, 3.05) is 25.5 Å². The Morgan fingerprint density at radius 1 is 1.29 bits per heavy atom. The van der Waals surface area contributed by atoms with E-state index >= 15 is 0 Å². The van der Waals surface area contributed by atoms with Crippen LogP contribution in [0, 0.1) is 5.92 Å². The fourth-order valence-corrected chi connectivity index (χ4v) is 3.38. The van der Waals surface area contributed by atoms with Crippen molar-refractivity contribution in [2.24, 2.45) is 5.92 Å². The molecule has 0 spiro atoms. The number of nitrogens with one attached hydrogen (secondary N) is 2. The fraction of sp³-hybridized carbons (Fsp3) is 0.733. The lowest BCUT2D eigenvalue weighted by atomic mass is 9.93. The van der Waals surface area contributed by atoms with E-state index in [1.807, 2.05) is 0 Å². The van der Waals surface area contributed by atoms with Crippen LogP contribution in [0.3, 0.4) is 0 Å². The minimum Gasteiger partial charge on any atom is -0.469 e. The Morgan fingerprint density at radius 2 is 2.04 bits per heavy atom. The highest BCUT2D eigenvalue weighted by Crippen LogP contribution is 2.20. The summed E-state index contributed by atoms with van der Waals surface area (Å²) in [5.41, 5.74) is 0. The van der Waals surface area contributed by atoms with E-state index in [0.717, 1.165) is 37.4 Å². The number of piperidine rings is 1. The van der Waals surface area contributed by atoms with E-state index in [-0.39, 0.29) is 24.3 Å². The molecular formula is C15H25ClN4O3S. The molecule has 0 bridgehead atoms. The van der Waals surface area contributed by atoms with Crippen LogP contribution in [0.4, 0.5) is 5.13 Å². The highest BCUT2D eigenvalue weighted by atomic mass is 35.5. The summed E-state index contributed by atoms with van der Waals surface area (Å²) < 4.78 is 4.59. The second-order valence-electron chi connectivity index (χ2n) is 5.71. The summed E-state index contributed by atoms with van der Waals surface area (Å²) in [5, 5.41) is 15.5. The lowest BCUT2D eigenvalue weighted by Crippen LogP contribution is -2.28. The maximum absolute atomic E-state index is 12.0. The number of methoxy groups -OCH3 is 1. The van der Waals surface area contributed by atoms with E-state index in [2.05, 4.69) is 25.6 Å². The van der Waals surface area contributed by atoms with Crippen molar-refractivity contribution in [1.82, 2.24) is 15.5 Å². The molecule has 2 N–H and O–H groups in total. The number of carbonyl (C=O) groups excluding carboxylic acids is 2. The van der Waals surface area contributed by atoms with Crippen LogP contribution < -0.4 is 10.6 Å². The molecule has 0 aliphatic carbocycles. The largest absolute Gasteiger partial charge is 0.469 e. The van der Waals surface area contributed by atoms with Gasteiger partial charge in [0.1, 0.15) is 5.01 Å². The van der Waals surface area contributed by atoms with Gasteiger partial charge in [0.15, 0.2) is 0 Å². The Labute approximate surface area is 152 Å². The Hall–Kier alpha value is -1.25. The van der Waals surface area contributed by atoms with Crippen molar-refractivity contribution in [1.29, 1.82) is 0 Å². The van der Waals surface area contributed by atoms with Gasteiger partial charge < -0.3 is 15.4 Å². The average Bonchev–Trinajstić information content (AvgIpc) is 3.01. The molecule has 1 aromatic heterocycles. The number of nitrogens with zero attached hydrogens (tertiary/aromatic N) is 2. The summed E-state index contributed by atoms with van der Waals surface area (Å²) in [6.45, 7) is 2.11. The number of ether oxygens (including phenoxy) is 1. The third-order valence-corrected chi connectivity index (χ3v) is 4.85. The van der Waals surface area contributed by atoms with Crippen molar-refractivity contribution in [3.63, 3.8) is 0 Å². The van der Waals surface area contributed by atoms with Crippen molar-refractivity contribution in [3.8, 4) is 0 Å². The Morgan fingerprint density at radius 3 is 2.75 bits per heavy atom. The zero-order chi connectivity index (χ0) is 16.5. The summed E-state index contributed by atoms with van der Waals surface area (Å²) in [7, 11) is 1.38. The number of hydrogen-bond acceptors (Lipinski definition) is 7. The van der Waals surface area contributed by atoms with Crippen LogP contribution in [0.1, 0.15) is 43.5 Å². The molecule has 1 amide bonds. The molecule has 136 valence electrons. The van der Waals surface area contributed by atoms with Crippen LogP contribution in [0.2, 0.25) is 0 Å². The zero-order valence-corrected chi connectivity index (χ0v) is 15.5. The van der Waals surface area contributed by atoms with Gasteiger partial charge in [-0.1, -0.05) is 11.3 Å². The lowest BCUT2D eigenvalue weighted by molar-refractivity contribution is -0.140. The quantitative estimate of drug-likeness (QED) is 0.675. The number of hydrogen-bond donors (Lipinski definition) is 2. The molecule has 24 heavy (non-hydrogen) atoms. The van der Waals surface area contributed by atoms with Gasteiger partial charge in [-0.05, 0) is 44.7 Å². The van der Waals surface area contributed by atoms with Gasteiger partial charge in [0.2, 0.25) is 11.0 Å². The molecule has 1 aliphatic heterocycles. The fourth-order valence-electron chi connectivity index (χ4n) is 2.58. The van der Waals surface area contributed by atoms with Gasteiger partial charge in [-0.25, -0.2) is 0 Å². The molecule has 2 rings (SSSR count). The molecule has 1 aromatic rings. The van der Waals surface area contributed by atoms with Gasteiger partial charge in [0.05, 0.1) is 7.11 Å². The van der Waals surface area contributed by atoms with E-state index in [4.69, 9.17) is 0 Å². The first kappa shape index (κ1) is 20.8. The van der Waals surface area contributed by atoms with Crippen molar-refractivity contribution in [3.05, 3.63) is 5.01 Å². The minimum atomic E-state index is -0.221. The van der Waals surface area contributed by atoms with Gasteiger partial charge in [0, 0.05) is 19.3 Å². The monoisotopic (exact) mass is 376 g/mol. The number of rotatable bonds is 8. The SMILES string of the molecule is COC(=O)CCCc1nnc(NC(=O)CCC2CCNCC2)s1.Cl. The molecule has 9 heteroatoms. The second-order valence-corrected chi connectivity index (χ2v) is 6.77. The highest BCUT2D eigenvalue weighted by molar-refractivity contribution is 7.15. The highest BCUT2D eigenvalue weighted by Gasteiger charge is 2.15. The molecule has 1 saturated heterocycles. The smallest absolute Gasteiger partial charge is 0.305 e. The second kappa shape index (κ2) is 11.3. The standard InChI is InChI=1S/C15H24N4O3S.ClH/c1-22-14(21)4-2-3-13-18-19-15(23-13)17-12(20)6-5-11-7-9-16-10-8-11;/h11,16H,2-10H2,1H3,(H,17,19,20);1H. The van der Waals surface area contributed by atoms with Gasteiger partial charge in [0.25, 0.3) is 0 Å². The van der Waals surface area contributed by atoms with Crippen LogP contribution in [0.25, 0.3) is 0 Å². The maximum atomic E-state index is 12.0. The number of amides is 1. The predicted molar refractivity (Wildman–Crippen MR) is 95.6 cm³/mol. The molecule has 7 nitrogen and oxygen atoms in total. The van der Waals surface area contributed by atoms with E-state index in [9.17, 15) is 9.59 Å². The van der Waals surface area contributed by atoms with Crippen LogP contribution in [-0.4, -0.2) is 42.3 Å². The Balaban J connectivity index is 0.00000288. The van der Waals surface area contributed by atoms with Crippen molar-refractivity contribution in [2.45, 2.75) is 44.9 Å². The molecule has 0 saturated carbocycles. The molecule has 0 unspecified atom stereocenters. The third-order valence-electron chi connectivity index (χ3n) is 3.95. The van der Waals surface area contributed by atoms with E-state index < -0.39 is 0 Å².